The summed E-state index contributed by atoms with van der Waals surface area (Å²) in [5, 5.41) is 2.64. The average molecular weight is 263 g/mol. The van der Waals surface area contributed by atoms with Crippen LogP contribution in [0.15, 0.2) is 24.3 Å². The molecule has 0 aromatic heterocycles. The number of nitrogens with one attached hydrogen (secondary N) is 1. The lowest BCUT2D eigenvalue weighted by molar-refractivity contribution is -0.127. The molecule has 1 aliphatic rings. The number of rotatable bonds is 4. The van der Waals surface area contributed by atoms with Gasteiger partial charge in [0.05, 0.1) is 18.8 Å². The fourth-order valence-corrected chi connectivity index (χ4v) is 1.75. The van der Waals surface area contributed by atoms with Crippen LogP contribution >= 0.6 is 0 Å². The third-order valence-electron chi connectivity index (χ3n) is 2.89. The lowest BCUT2D eigenvalue weighted by Gasteiger charge is -2.37. The zero-order chi connectivity index (χ0) is 13.9. The minimum Gasteiger partial charge on any atom is -0.461 e. The van der Waals surface area contributed by atoms with Crippen LogP contribution in [-0.2, 0) is 14.3 Å². The highest BCUT2D eigenvalue weighted by atomic mass is 16.5. The molecule has 5 nitrogen and oxygen atoms in total. The van der Waals surface area contributed by atoms with E-state index >= 15 is 0 Å². The summed E-state index contributed by atoms with van der Waals surface area (Å²) < 4.78 is 10.3. The summed E-state index contributed by atoms with van der Waals surface area (Å²) >= 11 is 0. The third-order valence-corrected chi connectivity index (χ3v) is 2.89. The average Bonchev–Trinajstić information content (AvgIpc) is 2.34. The summed E-state index contributed by atoms with van der Waals surface area (Å²) in [6.45, 7) is 5.07. The fraction of sp³-hybridized carbons (Fsp3) is 0.429. The molecule has 1 aromatic carbocycles. The highest BCUT2D eigenvalue weighted by molar-refractivity contribution is 5.92. The Hall–Kier alpha value is -1.88. The first-order valence-corrected chi connectivity index (χ1v) is 6.11. The highest BCUT2D eigenvalue weighted by Crippen LogP contribution is 2.26. The molecule has 5 heteroatoms. The van der Waals surface area contributed by atoms with E-state index in [0.717, 1.165) is 0 Å². The minimum absolute atomic E-state index is 0.0498. The van der Waals surface area contributed by atoms with Gasteiger partial charge in [0.15, 0.2) is 0 Å². The predicted octanol–water partition coefficient (Wildman–Crippen LogP) is 1.84. The molecule has 2 rings (SSSR count). The first-order valence-electron chi connectivity index (χ1n) is 6.11. The van der Waals surface area contributed by atoms with E-state index in [0.29, 0.717) is 31.1 Å². The van der Waals surface area contributed by atoms with E-state index in [2.05, 4.69) is 5.32 Å². The minimum atomic E-state index is -0.359. The molecule has 1 fully saturated rings. The summed E-state index contributed by atoms with van der Waals surface area (Å²) in [5.41, 5.74) is 1.08. The van der Waals surface area contributed by atoms with Crippen LogP contribution in [0, 0.1) is 5.41 Å². The molecular formula is C14H17NO4. The van der Waals surface area contributed by atoms with Crippen molar-refractivity contribution in [3.8, 4) is 0 Å². The van der Waals surface area contributed by atoms with Gasteiger partial charge in [-0.1, -0.05) is 6.92 Å². The second-order valence-corrected chi connectivity index (χ2v) is 5.14. The maximum atomic E-state index is 11.8. The number of benzene rings is 1. The molecule has 1 aliphatic heterocycles. The molecule has 1 N–H and O–H groups in total. The molecule has 0 aliphatic carbocycles. The Morgan fingerprint density at radius 2 is 1.95 bits per heavy atom. The van der Waals surface area contributed by atoms with E-state index in [1.807, 2.05) is 6.92 Å². The van der Waals surface area contributed by atoms with E-state index in [9.17, 15) is 9.59 Å². The second-order valence-electron chi connectivity index (χ2n) is 5.14. The molecule has 19 heavy (non-hydrogen) atoms. The Bertz CT molecular complexity index is 477. The van der Waals surface area contributed by atoms with Crippen LogP contribution in [0.5, 0.6) is 0 Å². The summed E-state index contributed by atoms with van der Waals surface area (Å²) in [4.78, 5) is 22.7. The van der Waals surface area contributed by atoms with Crippen LogP contribution in [0.25, 0.3) is 0 Å². The molecular weight excluding hydrogens is 246 g/mol. The van der Waals surface area contributed by atoms with E-state index in [1.54, 1.807) is 24.3 Å². The number of esters is 1. The van der Waals surface area contributed by atoms with Gasteiger partial charge in [-0.3, -0.25) is 4.79 Å². The van der Waals surface area contributed by atoms with Crippen molar-refractivity contribution >= 4 is 17.6 Å². The lowest BCUT2D eigenvalue weighted by Crippen LogP contribution is -2.44. The molecule has 0 unspecified atom stereocenters. The molecule has 0 saturated carbocycles. The third kappa shape index (κ3) is 3.54. The van der Waals surface area contributed by atoms with Gasteiger partial charge in [-0.15, -0.1) is 0 Å². The number of carbonyl (C=O) groups is 2. The van der Waals surface area contributed by atoms with Crippen molar-refractivity contribution in [1.29, 1.82) is 0 Å². The van der Waals surface area contributed by atoms with Crippen LogP contribution in [0.2, 0.25) is 0 Å². The number of amides is 1. The van der Waals surface area contributed by atoms with Crippen molar-refractivity contribution in [3.05, 3.63) is 29.8 Å². The molecule has 0 bridgehead atoms. The first-order chi connectivity index (χ1) is 8.98. The van der Waals surface area contributed by atoms with Gasteiger partial charge in [0, 0.05) is 18.0 Å². The number of anilines is 1. The van der Waals surface area contributed by atoms with E-state index in [1.165, 1.54) is 6.92 Å². The van der Waals surface area contributed by atoms with Crippen molar-refractivity contribution in [2.75, 3.05) is 25.1 Å². The van der Waals surface area contributed by atoms with Crippen LogP contribution in [-0.4, -0.2) is 31.7 Å². The maximum Gasteiger partial charge on any atom is 0.338 e. The monoisotopic (exact) mass is 263 g/mol. The van der Waals surface area contributed by atoms with Gasteiger partial charge in [-0.2, -0.15) is 0 Å². The Labute approximate surface area is 111 Å². The van der Waals surface area contributed by atoms with Crippen LogP contribution in [0.3, 0.4) is 0 Å². The summed E-state index contributed by atoms with van der Waals surface area (Å²) in [6.07, 6.45) is 0. The standard InChI is InChI=1S/C14H17NO4/c1-10(16)15-12-5-3-11(4-6-12)13(17)19-9-14(2)7-18-8-14/h3-6H,7-9H2,1-2H3,(H,15,16). The Morgan fingerprint density at radius 1 is 1.32 bits per heavy atom. The van der Waals surface area contributed by atoms with Crippen LogP contribution in [0.4, 0.5) is 5.69 Å². The van der Waals surface area contributed by atoms with Crippen molar-refractivity contribution in [2.24, 2.45) is 5.41 Å². The van der Waals surface area contributed by atoms with Crippen molar-refractivity contribution in [1.82, 2.24) is 0 Å². The Morgan fingerprint density at radius 3 is 2.42 bits per heavy atom. The summed E-state index contributed by atoms with van der Waals surface area (Å²) in [5.74, 6) is -0.504. The van der Waals surface area contributed by atoms with Gasteiger partial charge in [-0.25, -0.2) is 4.79 Å². The van der Waals surface area contributed by atoms with Gasteiger partial charge in [-0.05, 0) is 24.3 Å². The predicted molar refractivity (Wildman–Crippen MR) is 70.0 cm³/mol. The number of ether oxygens (including phenoxy) is 2. The molecule has 1 amide bonds. The largest absolute Gasteiger partial charge is 0.461 e. The van der Waals surface area contributed by atoms with Crippen LogP contribution in [0.1, 0.15) is 24.2 Å². The Kier molecular flexibility index (Phi) is 3.85. The maximum absolute atomic E-state index is 11.8. The van der Waals surface area contributed by atoms with E-state index in [-0.39, 0.29) is 17.3 Å². The number of hydrogen-bond acceptors (Lipinski definition) is 4. The molecule has 0 radical (unpaired) electrons. The zero-order valence-corrected chi connectivity index (χ0v) is 11.1. The molecule has 0 atom stereocenters. The van der Waals surface area contributed by atoms with Crippen LogP contribution < -0.4 is 5.32 Å². The second kappa shape index (κ2) is 5.40. The van der Waals surface area contributed by atoms with E-state index in [4.69, 9.17) is 9.47 Å². The van der Waals surface area contributed by atoms with E-state index < -0.39 is 0 Å². The molecule has 1 saturated heterocycles. The smallest absolute Gasteiger partial charge is 0.338 e. The SMILES string of the molecule is CC(=O)Nc1ccc(C(=O)OCC2(C)COC2)cc1. The quantitative estimate of drug-likeness (QED) is 0.842. The topological polar surface area (TPSA) is 64.6 Å². The fourth-order valence-electron chi connectivity index (χ4n) is 1.75. The van der Waals surface area contributed by atoms with Gasteiger partial charge in [0.2, 0.25) is 5.91 Å². The summed E-state index contributed by atoms with van der Waals surface area (Å²) in [7, 11) is 0. The first kappa shape index (κ1) is 13.5. The van der Waals surface area contributed by atoms with Crippen molar-refractivity contribution in [2.45, 2.75) is 13.8 Å². The lowest BCUT2D eigenvalue weighted by atomic mass is 9.90. The van der Waals surface area contributed by atoms with Crippen molar-refractivity contribution in [3.63, 3.8) is 0 Å². The van der Waals surface area contributed by atoms with Gasteiger partial charge in [0.1, 0.15) is 6.61 Å². The van der Waals surface area contributed by atoms with Gasteiger partial charge < -0.3 is 14.8 Å². The molecule has 0 spiro atoms. The number of hydrogen-bond donors (Lipinski definition) is 1. The van der Waals surface area contributed by atoms with Gasteiger partial charge in [0.25, 0.3) is 0 Å². The molecule has 1 aromatic rings. The highest BCUT2D eigenvalue weighted by Gasteiger charge is 2.34. The van der Waals surface area contributed by atoms with Crippen molar-refractivity contribution < 1.29 is 19.1 Å². The zero-order valence-electron chi connectivity index (χ0n) is 11.1. The van der Waals surface area contributed by atoms with Gasteiger partial charge >= 0.3 is 5.97 Å². The normalized spacial score (nSPS) is 16.3. The Balaban J connectivity index is 1.90. The number of carbonyl (C=O) groups excluding carboxylic acids is 2. The molecule has 102 valence electrons. The molecule has 1 heterocycles. The summed E-state index contributed by atoms with van der Waals surface area (Å²) in [6, 6.07) is 6.61.